The lowest BCUT2D eigenvalue weighted by molar-refractivity contribution is -0.150. The first-order valence-corrected chi connectivity index (χ1v) is 3.65. The Morgan fingerprint density at radius 1 is 1.57 bits per heavy atom. The number of hydrogen-bond donors (Lipinski definition) is 0. The van der Waals surface area contributed by atoms with E-state index in [0.717, 1.165) is 6.08 Å². The first kappa shape index (κ1) is 12.1. The average molecular weight is 198 g/mol. The normalized spacial score (nSPS) is 13.4. The summed E-state index contributed by atoms with van der Waals surface area (Å²) in [7, 11) is 1.56. The molecule has 0 spiro atoms. The Morgan fingerprint density at radius 3 is 2.21 bits per heavy atom. The van der Waals surface area contributed by atoms with Gasteiger partial charge in [-0.05, 0) is 6.92 Å². The van der Waals surface area contributed by atoms with Gasteiger partial charge >= 0.3 is 11.9 Å². The highest BCUT2D eigenvalue weighted by Gasteiger charge is 2.26. The highest BCUT2D eigenvalue weighted by molar-refractivity contribution is 6.25. The SMILES string of the molecule is C=COC.CC(=O)C1=CC(=O)OC1=O. The van der Waals surface area contributed by atoms with Crippen LogP contribution < -0.4 is 0 Å². The topological polar surface area (TPSA) is 69.7 Å². The van der Waals surface area contributed by atoms with Gasteiger partial charge in [-0.1, -0.05) is 6.58 Å². The molecule has 0 atom stereocenters. The molecule has 0 fully saturated rings. The molecule has 5 nitrogen and oxygen atoms in total. The molecule has 0 aromatic heterocycles. The number of hydrogen-bond acceptors (Lipinski definition) is 5. The summed E-state index contributed by atoms with van der Waals surface area (Å²) >= 11 is 0. The van der Waals surface area contributed by atoms with Gasteiger partial charge in [0.25, 0.3) is 0 Å². The van der Waals surface area contributed by atoms with Crippen LogP contribution in [-0.2, 0) is 23.9 Å². The second-order valence-corrected chi connectivity index (χ2v) is 2.23. The van der Waals surface area contributed by atoms with Crippen LogP contribution in [0, 0.1) is 0 Å². The lowest BCUT2D eigenvalue weighted by Crippen LogP contribution is -2.06. The molecular weight excluding hydrogens is 188 g/mol. The van der Waals surface area contributed by atoms with E-state index in [9.17, 15) is 14.4 Å². The van der Waals surface area contributed by atoms with Crippen molar-refractivity contribution >= 4 is 17.7 Å². The first-order chi connectivity index (χ1) is 6.52. The summed E-state index contributed by atoms with van der Waals surface area (Å²) < 4.78 is 8.35. The Labute approximate surface area is 81.0 Å². The minimum atomic E-state index is -0.850. The molecule has 0 aromatic rings. The van der Waals surface area contributed by atoms with Gasteiger partial charge in [0, 0.05) is 6.08 Å². The van der Waals surface area contributed by atoms with Crippen LogP contribution in [0.25, 0.3) is 0 Å². The first-order valence-electron chi connectivity index (χ1n) is 3.65. The highest BCUT2D eigenvalue weighted by Crippen LogP contribution is 2.07. The van der Waals surface area contributed by atoms with E-state index in [2.05, 4.69) is 16.1 Å². The number of ether oxygens (including phenoxy) is 2. The van der Waals surface area contributed by atoms with E-state index in [0.29, 0.717) is 0 Å². The number of methoxy groups -OCH3 is 1. The summed E-state index contributed by atoms with van der Waals surface area (Å²) in [5.41, 5.74) is -0.176. The van der Waals surface area contributed by atoms with Gasteiger partial charge in [-0.25, -0.2) is 9.59 Å². The molecule has 0 saturated heterocycles. The average Bonchev–Trinajstić information content (AvgIpc) is 2.46. The quantitative estimate of drug-likeness (QED) is 0.277. The minimum absolute atomic E-state index is 0.176. The van der Waals surface area contributed by atoms with Gasteiger partial charge in [0.2, 0.25) is 0 Å². The summed E-state index contributed by atoms with van der Waals surface area (Å²) in [6.45, 7) is 4.46. The summed E-state index contributed by atoms with van der Waals surface area (Å²) in [6.07, 6.45) is 2.27. The molecule has 0 aliphatic carbocycles. The van der Waals surface area contributed by atoms with Gasteiger partial charge in [-0.2, -0.15) is 0 Å². The fourth-order valence-corrected chi connectivity index (χ4v) is 0.598. The monoisotopic (exact) mass is 198 g/mol. The predicted octanol–water partition coefficient (Wildman–Crippen LogP) is 0.361. The zero-order chi connectivity index (χ0) is 11.1. The van der Waals surface area contributed by atoms with Gasteiger partial charge in [-0.3, -0.25) is 4.79 Å². The molecule has 1 heterocycles. The lowest BCUT2D eigenvalue weighted by Gasteiger charge is -1.87. The van der Waals surface area contributed by atoms with Gasteiger partial charge in [-0.15, -0.1) is 0 Å². The second-order valence-electron chi connectivity index (χ2n) is 2.23. The maximum Gasteiger partial charge on any atom is 0.349 e. The van der Waals surface area contributed by atoms with Crippen molar-refractivity contribution in [1.29, 1.82) is 0 Å². The van der Waals surface area contributed by atoms with Gasteiger partial charge < -0.3 is 9.47 Å². The number of rotatable bonds is 2. The van der Waals surface area contributed by atoms with Crippen molar-refractivity contribution in [2.45, 2.75) is 6.92 Å². The predicted molar refractivity (Wildman–Crippen MR) is 47.1 cm³/mol. The van der Waals surface area contributed by atoms with Crippen LogP contribution in [0.4, 0.5) is 0 Å². The van der Waals surface area contributed by atoms with E-state index >= 15 is 0 Å². The van der Waals surface area contributed by atoms with Crippen molar-refractivity contribution in [2.24, 2.45) is 0 Å². The van der Waals surface area contributed by atoms with Crippen molar-refractivity contribution < 1.29 is 23.9 Å². The van der Waals surface area contributed by atoms with E-state index in [1.54, 1.807) is 7.11 Å². The Bertz CT molecular complexity index is 300. The number of cyclic esters (lactones) is 2. The fourth-order valence-electron chi connectivity index (χ4n) is 0.598. The molecule has 14 heavy (non-hydrogen) atoms. The van der Waals surface area contributed by atoms with E-state index in [-0.39, 0.29) is 5.57 Å². The zero-order valence-electron chi connectivity index (χ0n) is 7.90. The molecule has 0 amide bonds. The minimum Gasteiger partial charge on any atom is -0.505 e. The standard InChI is InChI=1S/C6H4O4.C3H6O/c1-3(7)4-2-5(8)10-6(4)9;1-3-4-2/h2H,1H3;3H,1H2,2H3. The van der Waals surface area contributed by atoms with Crippen LogP contribution in [0.5, 0.6) is 0 Å². The molecule has 0 aromatic carbocycles. The number of carbonyl (C=O) groups is 3. The molecule has 1 rings (SSSR count). The Morgan fingerprint density at radius 2 is 2.07 bits per heavy atom. The maximum absolute atomic E-state index is 10.5. The van der Waals surface area contributed by atoms with Gasteiger partial charge in [0.05, 0.1) is 13.4 Å². The molecule has 0 radical (unpaired) electrons. The molecule has 0 N–H and O–H groups in total. The summed E-state index contributed by atoms with van der Waals surface area (Å²) in [5, 5.41) is 0. The third kappa shape index (κ3) is 3.66. The van der Waals surface area contributed by atoms with Crippen molar-refractivity contribution in [1.82, 2.24) is 0 Å². The van der Waals surface area contributed by atoms with Crippen LogP contribution in [0.1, 0.15) is 6.92 Å². The second kappa shape index (κ2) is 5.69. The fraction of sp³-hybridized carbons (Fsp3) is 0.222. The summed E-state index contributed by atoms with van der Waals surface area (Å²) in [5.74, 6) is -2.07. The van der Waals surface area contributed by atoms with Gasteiger partial charge in [0.1, 0.15) is 5.57 Å². The van der Waals surface area contributed by atoms with Crippen LogP contribution in [0.15, 0.2) is 24.5 Å². The smallest absolute Gasteiger partial charge is 0.349 e. The number of ketones is 1. The number of Topliss-reactive ketones (excluding diaryl/α,β-unsaturated/α-hetero) is 1. The van der Waals surface area contributed by atoms with Crippen LogP contribution in [0.3, 0.4) is 0 Å². The van der Waals surface area contributed by atoms with Crippen molar-refractivity contribution in [3.63, 3.8) is 0 Å². The van der Waals surface area contributed by atoms with Crippen LogP contribution in [0.2, 0.25) is 0 Å². The third-order valence-corrected chi connectivity index (χ3v) is 1.22. The molecule has 1 aliphatic heterocycles. The Kier molecular flexibility index (Phi) is 4.91. The zero-order valence-corrected chi connectivity index (χ0v) is 7.90. The number of carbonyl (C=O) groups excluding carboxylic acids is 3. The van der Waals surface area contributed by atoms with Crippen LogP contribution >= 0.6 is 0 Å². The van der Waals surface area contributed by atoms with E-state index in [4.69, 9.17) is 0 Å². The molecular formula is C9H10O5. The Balaban J connectivity index is 0.000000364. The molecule has 76 valence electrons. The third-order valence-electron chi connectivity index (χ3n) is 1.22. The maximum atomic E-state index is 10.5. The van der Waals surface area contributed by atoms with E-state index in [1.165, 1.54) is 13.2 Å². The van der Waals surface area contributed by atoms with E-state index < -0.39 is 17.7 Å². The van der Waals surface area contributed by atoms with Crippen molar-refractivity contribution in [2.75, 3.05) is 7.11 Å². The lowest BCUT2D eigenvalue weighted by atomic mass is 10.2. The summed E-state index contributed by atoms with van der Waals surface area (Å²) in [6, 6.07) is 0. The van der Waals surface area contributed by atoms with Crippen molar-refractivity contribution in [3.05, 3.63) is 24.5 Å². The molecule has 5 heteroatoms. The largest absolute Gasteiger partial charge is 0.505 e. The van der Waals surface area contributed by atoms with Crippen molar-refractivity contribution in [3.8, 4) is 0 Å². The molecule has 1 aliphatic rings. The molecule has 0 unspecified atom stereocenters. The molecule has 0 bridgehead atoms. The Hall–Kier alpha value is -1.91. The highest BCUT2D eigenvalue weighted by atomic mass is 16.6. The summed E-state index contributed by atoms with van der Waals surface area (Å²) in [4.78, 5) is 31.3. The van der Waals surface area contributed by atoms with E-state index in [1.807, 2.05) is 0 Å². The molecule has 0 saturated carbocycles. The van der Waals surface area contributed by atoms with Crippen LogP contribution in [-0.4, -0.2) is 24.8 Å². The van der Waals surface area contributed by atoms with Gasteiger partial charge in [0.15, 0.2) is 5.78 Å². The number of esters is 2.